The summed E-state index contributed by atoms with van der Waals surface area (Å²) in [4.78, 5) is 11.5. The van der Waals surface area contributed by atoms with Crippen LogP contribution in [0, 0.1) is 0 Å². The number of hydrogen-bond acceptors (Lipinski definition) is 2. The first-order chi connectivity index (χ1) is 7.25. The quantitative estimate of drug-likeness (QED) is 0.887. The van der Waals surface area contributed by atoms with Gasteiger partial charge in [0.05, 0.1) is 5.70 Å². The molecule has 0 radical (unpaired) electrons. The highest BCUT2D eigenvalue weighted by molar-refractivity contribution is 9.10. The number of nitrogens with one attached hydrogen (secondary N) is 1. The lowest BCUT2D eigenvalue weighted by molar-refractivity contribution is -0.115. The molecule has 15 heavy (non-hydrogen) atoms. The van der Waals surface area contributed by atoms with Crippen LogP contribution in [-0.4, -0.2) is 5.78 Å². The summed E-state index contributed by atoms with van der Waals surface area (Å²) in [6, 6.07) is 7.82. The molecule has 0 fully saturated rings. The van der Waals surface area contributed by atoms with E-state index in [1.165, 1.54) is 0 Å². The molecule has 0 atom stereocenters. The largest absolute Gasteiger partial charge is 0.353 e. The molecule has 0 bridgehead atoms. The van der Waals surface area contributed by atoms with Crippen molar-refractivity contribution < 1.29 is 4.79 Å². The highest BCUT2D eigenvalue weighted by atomic mass is 79.9. The third kappa shape index (κ3) is 2.69. The zero-order valence-electron chi connectivity index (χ0n) is 8.29. The highest BCUT2D eigenvalue weighted by Gasteiger charge is 2.13. The van der Waals surface area contributed by atoms with Gasteiger partial charge in [0.1, 0.15) is 0 Å². The van der Waals surface area contributed by atoms with Gasteiger partial charge in [-0.1, -0.05) is 28.1 Å². The van der Waals surface area contributed by atoms with Gasteiger partial charge in [-0.15, -0.1) is 0 Å². The fourth-order valence-corrected chi connectivity index (χ4v) is 2.00. The van der Waals surface area contributed by atoms with Crippen molar-refractivity contribution in [1.29, 1.82) is 0 Å². The van der Waals surface area contributed by atoms with E-state index in [9.17, 15) is 4.79 Å². The predicted molar refractivity (Wildman–Crippen MR) is 64.7 cm³/mol. The first-order valence-corrected chi connectivity index (χ1v) is 5.81. The Morgan fingerprint density at radius 3 is 2.93 bits per heavy atom. The van der Waals surface area contributed by atoms with Crippen LogP contribution >= 0.6 is 15.9 Å². The second kappa shape index (κ2) is 4.62. The minimum Gasteiger partial charge on any atom is -0.353 e. The van der Waals surface area contributed by atoms with Crippen LogP contribution in [0.3, 0.4) is 0 Å². The molecule has 1 N–H and O–H groups in total. The van der Waals surface area contributed by atoms with Gasteiger partial charge in [0.25, 0.3) is 0 Å². The van der Waals surface area contributed by atoms with E-state index in [2.05, 4.69) is 21.2 Å². The molecule has 0 saturated carbocycles. The average molecular weight is 266 g/mol. The van der Waals surface area contributed by atoms with Crippen molar-refractivity contribution in [2.45, 2.75) is 19.3 Å². The minimum atomic E-state index is 0.209. The lowest BCUT2D eigenvalue weighted by Crippen LogP contribution is -2.14. The summed E-state index contributed by atoms with van der Waals surface area (Å²) in [5, 5.41) is 3.15. The van der Waals surface area contributed by atoms with Gasteiger partial charge in [0.2, 0.25) is 0 Å². The maximum atomic E-state index is 11.5. The number of rotatable bonds is 2. The van der Waals surface area contributed by atoms with Crippen molar-refractivity contribution in [3.8, 4) is 0 Å². The number of Topliss-reactive ketones (excluding diaryl/α,β-unsaturated/α-hetero) is 1. The summed E-state index contributed by atoms with van der Waals surface area (Å²) in [6.45, 7) is 0. The van der Waals surface area contributed by atoms with E-state index >= 15 is 0 Å². The van der Waals surface area contributed by atoms with E-state index < -0.39 is 0 Å². The van der Waals surface area contributed by atoms with E-state index in [1.54, 1.807) is 0 Å². The summed E-state index contributed by atoms with van der Waals surface area (Å²) in [5.74, 6) is 0.209. The van der Waals surface area contributed by atoms with Gasteiger partial charge in [-0.05, 0) is 31.0 Å². The third-order valence-corrected chi connectivity index (χ3v) is 2.85. The molecular weight excluding hydrogens is 254 g/mol. The molecular formula is C12H12BrNO. The van der Waals surface area contributed by atoms with Crippen LogP contribution in [0.25, 0.3) is 0 Å². The van der Waals surface area contributed by atoms with Crippen LogP contribution in [0.1, 0.15) is 19.3 Å². The molecule has 0 unspecified atom stereocenters. The molecule has 1 aliphatic carbocycles. The number of halogens is 1. The second-order valence-electron chi connectivity index (χ2n) is 3.57. The topological polar surface area (TPSA) is 29.1 Å². The van der Waals surface area contributed by atoms with Gasteiger partial charge in [0.15, 0.2) is 5.78 Å². The Hall–Kier alpha value is -1.09. The van der Waals surface area contributed by atoms with Crippen LogP contribution in [0.15, 0.2) is 40.5 Å². The van der Waals surface area contributed by atoms with Crippen molar-refractivity contribution in [2.75, 3.05) is 5.32 Å². The third-order valence-electron chi connectivity index (χ3n) is 2.36. The normalized spacial score (nSPS) is 16.1. The Labute approximate surface area is 97.5 Å². The number of carbonyl (C=O) groups excluding carboxylic acids is 1. The predicted octanol–water partition coefficient (Wildman–Crippen LogP) is 3.50. The number of hydrogen-bond donors (Lipinski definition) is 1. The molecule has 0 aliphatic heterocycles. The Balaban J connectivity index is 2.14. The fourth-order valence-electron chi connectivity index (χ4n) is 1.60. The zero-order chi connectivity index (χ0) is 10.7. The number of ketones is 1. The van der Waals surface area contributed by atoms with E-state index in [1.807, 2.05) is 30.3 Å². The van der Waals surface area contributed by atoms with Gasteiger partial charge >= 0.3 is 0 Å². The lowest BCUT2D eigenvalue weighted by Gasteiger charge is -2.13. The van der Waals surface area contributed by atoms with E-state index in [-0.39, 0.29) is 5.78 Å². The van der Waals surface area contributed by atoms with Crippen LogP contribution < -0.4 is 5.32 Å². The standard InChI is InChI=1S/C12H12BrNO/c13-9-4-3-5-10(8-9)14-11-6-1-2-7-12(11)15/h3-6,8,14H,1-2,7H2. The molecule has 0 spiro atoms. The first-order valence-electron chi connectivity index (χ1n) is 5.01. The van der Waals surface area contributed by atoms with E-state index in [4.69, 9.17) is 0 Å². The number of allylic oxidation sites excluding steroid dienone is 2. The van der Waals surface area contributed by atoms with E-state index in [0.29, 0.717) is 6.42 Å². The van der Waals surface area contributed by atoms with Crippen LogP contribution in [0.4, 0.5) is 5.69 Å². The van der Waals surface area contributed by atoms with Crippen molar-refractivity contribution in [3.63, 3.8) is 0 Å². The monoisotopic (exact) mass is 265 g/mol. The molecule has 1 aliphatic rings. The van der Waals surface area contributed by atoms with Crippen molar-refractivity contribution in [1.82, 2.24) is 0 Å². The minimum absolute atomic E-state index is 0.209. The Kier molecular flexibility index (Phi) is 3.21. The SMILES string of the molecule is O=C1CCCC=C1Nc1cccc(Br)c1. The molecule has 0 heterocycles. The van der Waals surface area contributed by atoms with Crippen LogP contribution in [-0.2, 0) is 4.79 Å². The molecule has 2 nitrogen and oxygen atoms in total. The van der Waals surface area contributed by atoms with E-state index in [0.717, 1.165) is 28.7 Å². The summed E-state index contributed by atoms with van der Waals surface area (Å²) in [5.41, 5.74) is 1.69. The van der Waals surface area contributed by atoms with Crippen molar-refractivity contribution in [2.24, 2.45) is 0 Å². The average Bonchev–Trinajstić information content (AvgIpc) is 2.22. The molecule has 3 heteroatoms. The van der Waals surface area contributed by atoms with Crippen molar-refractivity contribution in [3.05, 3.63) is 40.5 Å². The fraction of sp³-hybridized carbons (Fsp3) is 0.250. The maximum absolute atomic E-state index is 11.5. The number of carbonyl (C=O) groups is 1. The molecule has 0 aromatic heterocycles. The molecule has 78 valence electrons. The maximum Gasteiger partial charge on any atom is 0.178 e. The highest BCUT2D eigenvalue weighted by Crippen LogP contribution is 2.20. The Morgan fingerprint density at radius 1 is 1.33 bits per heavy atom. The Morgan fingerprint density at radius 2 is 2.20 bits per heavy atom. The lowest BCUT2D eigenvalue weighted by atomic mass is 10.0. The number of anilines is 1. The molecule has 0 amide bonds. The second-order valence-corrected chi connectivity index (χ2v) is 4.48. The Bertz CT molecular complexity index is 412. The summed E-state index contributed by atoms with van der Waals surface area (Å²) in [6.07, 6.45) is 4.60. The number of benzene rings is 1. The molecule has 1 aromatic rings. The van der Waals surface area contributed by atoms with Gasteiger partial charge in [-0.3, -0.25) is 4.79 Å². The van der Waals surface area contributed by atoms with Gasteiger partial charge in [-0.2, -0.15) is 0 Å². The summed E-state index contributed by atoms with van der Waals surface area (Å²) >= 11 is 3.40. The zero-order valence-corrected chi connectivity index (χ0v) is 9.88. The molecule has 0 saturated heterocycles. The summed E-state index contributed by atoms with van der Waals surface area (Å²) < 4.78 is 1.01. The van der Waals surface area contributed by atoms with Crippen LogP contribution in [0.2, 0.25) is 0 Å². The smallest absolute Gasteiger partial charge is 0.178 e. The molecule has 2 rings (SSSR count). The van der Waals surface area contributed by atoms with Gasteiger partial charge in [0, 0.05) is 16.6 Å². The van der Waals surface area contributed by atoms with Crippen molar-refractivity contribution >= 4 is 27.4 Å². The van der Waals surface area contributed by atoms with Gasteiger partial charge in [-0.25, -0.2) is 0 Å². The molecule has 1 aromatic carbocycles. The van der Waals surface area contributed by atoms with Gasteiger partial charge < -0.3 is 5.32 Å². The summed E-state index contributed by atoms with van der Waals surface area (Å²) in [7, 11) is 0. The first kappa shape index (κ1) is 10.4. The van der Waals surface area contributed by atoms with Crippen LogP contribution in [0.5, 0.6) is 0 Å².